The molecule has 0 aliphatic carbocycles. The maximum atomic E-state index is 10.7. The molecule has 112 valence electrons. The number of carboxylic acids is 1. The van der Waals surface area contributed by atoms with Crippen molar-refractivity contribution in [3.05, 3.63) is 47.3 Å². The second-order valence-electron chi connectivity index (χ2n) is 4.90. The fourth-order valence-corrected chi connectivity index (χ4v) is 3.02. The topological polar surface area (TPSA) is 55.1 Å². The molecule has 0 radical (unpaired) electrons. The normalized spacial score (nSPS) is 10.8. The predicted molar refractivity (Wildman–Crippen MR) is 84.8 cm³/mol. The van der Waals surface area contributed by atoms with E-state index in [1.54, 1.807) is 0 Å². The molecule has 2 aromatic rings. The van der Waals surface area contributed by atoms with E-state index >= 15 is 0 Å². The van der Waals surface area contributed by atoms with Gasteiger partial charge in [-0.2, -0.15) is 0 Å². The van der Waals surface area contributed by atoms with Crippen LogP contribution in [0.2, 0.25) is 0 Å². The summed E-state index contributed by atoms with van der Waals surface area (Å²) >= 11 is 1.28. The Hall–Kier alpha value is -1.75. The van der Waals surface area contributed by atoms with Crippen molar-refractivity contribution in [1.29, 1.82) is 0 Å². The third kappa shape index (κ3) is 4.11. The molecule has 4 nitrogen and oxygen atoms in total. The lowest BCUT2D eigenvalue weighted by Crippen LogP contribution is -2.08. The van der Waals surface area contributed by atoms with Crippen LogP contribution in [0.1, 0.15) is 23.7 Å². The lowest BCUT2D eigenvalue weighted by atomic mass is 10.1. The van der Waals surface area contributed by atoms with E-state index in [4.69, 9.17) is 5.11 Å². The Morgan fingerprint density at radius 1 is 1.38 bits per heavy atom. The van der Waals surface area contributed by atoms with Crippen LogP contribution in [0.5, 0.6) is 0 Å². The van der Waals surface area contributed by atoms with Gasteiger partial charge in [0.25, 0.3) is 0 Å². The lowest BCUT2D eigenvalue weighted by molar-refractivity contribution is -0.133. The summed E-state index contributed by atoms with van der Waals surface area (Å²) in [5.41, 5.74) is 3.76. The molecule has 0 atom stereocenters. The minimum absolute atomic E-state index is 0.0462. The molecule has 0 saturated carbocycles. The number of thioether (sulfide) groups is 1. The molecule has 1 N–H and O–H groups in total. The first-order valence-corrected chi connectivity index (χ1v) is 8.04. The molecule has 0 amide bonds. The van der Waals surface area contributed by atoms with E-state index in [2.05, 4.69) is 41.6 Å². The summed E-state index contributed by atoms with van der Waals surface area (Å²) in [7, 11) is 0. The molecule has 0 unspecified atom stereocenters. The Morgan fingerprint density at radius 2 is 2.14 bits per heavy atom. The third-order valence-corrected chi connectivity index (χ3v) is 4.43. The second kappa shape index (κ2) is 7.31. The Kier molecular flexibility index (Phi) is 5.44. The van der Waals surface area contributed by atoms with Gasteiger partial charge in [-0.05, 0) is 30.9 Å². The van der Waals surface area contributed by atoms with Gasteiger partial charge in [-0.1, -0.05) is 43.0 Å². The zero-order chi connectivity index (χ0) is 15.2. The number of carboxylic acid groups (broad SMARTS) is 1. The summed E-state index contributed by atoms with van der Waals surface area (Å²) in [6.07, 6.45) is 3.67. The van der Waals surface area contributed by atoms with E-state index < -0.39 is 5.97 Å². The maximum Gasteiger partial charge on any atom is 0.313 e. The van der Waals surface area contributed by atoms with Crippen LogP contribution in [0.4, 0.5) is 0 Å². The summed E-state index contributed by atoms with van der Waals surface area (Å²) in [6.45, 7) is 5.03. The summed E-state index contributed by atoms with van der Waals surface area (Å²) in [5.74, 6) is -0.767. The van der Waals surface area contributed by atoms with Crippen LogP contribution in [-0.4, -0.2) is 26.4 Å². The van der Waals surface area contributed by atoms with E-state index in [1.165, 1.54) is 22.9 Å². The summed E-state index contributed by atoms with van der Waals surface area (Å²) in [4.78, 5) is 15.1. The van der Waals surface area contributed by atoms with E-state index in [1.807, 2.05) is 12.3 Å². The number of aliphatic carboxylic acids is 1. The standard InChI is InChI=1S/C16H20N2O2S/c1-3-14-10-17-16(21-11-15(19)20)18(14)9-8-13-7-5-4-6-12(13)2/h4-7,10H,3,8-9,11H2,1-2H3,(H,19,20). The number of carbonyl (C=O) groups is 1. The fourth-order valence-electron chi connectivity index (χ4n) is 2.28. The second-order valence-corrected chi connectivity index (χ2v) is 5.84. The van der Waals surface area contributed by atoms with E-state index in [9.17, 15) is 4.79 Å². The van der Waals surface area contributed by atoms with Gasteiger partial charge in [0.05, 0.1) is 5.75 Å². The zero-order valence-corrected chi connectivity index (χ0v) is 13.2. The first kappa shape index (κ1) is 15.6. The van der Waals surface area contributed by atoms with Crippen LogP contribution in [0.3, 0.4) is 0 Å². The highest BCUT2D eigenvalue weighted by molar-refractivity contribution is 7.99. The van der Waals surface area contributed by atoms with Crippen LogP contribution in [-0.2, 0) is 24.2 Å². The van der Waals surface area contributed by atoms with Crippen molar-refractivity contribution in [2.75, 3.05) is 5.75 Å². The summed E-state index contributed by atoms with van der Waals surface area (Å²) in [6, 6.07) is 8.35. The molecule has 21 heavy (non-hydrogen) atoms. The van der Waals surface area contributed by atoms with Crippen molar-refractivity contribution in [1.82, 2.24) is 9.55 Å². The van der Waals surface area contributed by atoms with E-state index in [-0.39, 0.29) is 5.75 Å². The van der Waals surface area contributed by atoms with Gasteiger partial charge in [0.1, 0.15) is 0 Å². The average Bonchev–Trinajstić information content (AvgIpc) is 2.86. The van der Waals surface area contributed by atoms with Crippen LogP contribution in [0.25, 0.3) is 0 Å². The van der Waals surface area contributed by atoms with Crippen molar-refractivity contribution < 1.29 is 9.90 Å². The Bertz CT molecular complexity index is 622. The van der Waals surface area contributed by atoms with Gasteiger partial charge in [-0.15, -0.1) is 0 Å². The third-order valence-electron chi connectivity index (χ3n) is 3.45. The van der Waals surface area contributed by atoms with E-state index in [0.717, 1.165) is 30.2 Å². The molecule has 0 fully saturated rings. The Labute approximate surface area is 129 Å². The average molecular weight is 304 g/mol. The van der Waals surface area contributed by atoms with Gasteiger partial charge in [0, 0.05) is 18.4 Å². The van der Waals surface area contributed by atoms with Gasteiger partial charge >= 0.3 is 5.97 Å². The number of rotatable bonds is 7. The summed E-state index contributed by atoms with van der Waals surface area (Å²) in [5, 5.41) is 9.61. The largest absolute Gasteiger partial charge is 0.481 e. The van der Waals surface area contributed by atoms with E-state index in [0.29, 0.717) is 0 Å². The fraction of sp³-hybridized carbons (Fsp3) is 0.375. The van der Waals surface area contributed by atoms with Crippen LogP contribution < -0.4 is 0 Å². The predicted octanol–water partition coefficient (Wildman–Crippen LogP) is 3.17. The van der Waals surface area contributed by atoms with Gasteiger partial charge in [-0.25, -0.2) is 4.98 Å². The monoisotopic (exact) mass is 304 g/mol. The first-order chi connectivity index (χ1) is 10.1. The highest BCUT2D eigenvalue weighted by Crippen LogP contribution is 2.20. The van der Waals surface area contributed by atoms with Crippen molar-refractivity contribution in [3.8, 4) is 0 Å². The molecule has 5 heteroatoms. The molecule has 1 heterocycles. The Morgan fingerprint density at radius 3 is 2.81 bits per heavy atom. The Balaban J connectivity index is 2.12. The molecule has 0 bridgehead atoms. The number of nitrogens with zero attached hydrogens (tertiary/aromatic N) is 2. The molecule has 0 saturated heterocycles. The van der Waals surface area contributed by atoms with Crippen LogP contribution in [0, 0.1) is 6.92 Å². The molecule has 2 rings (SSSR count). The number of hydrogen-bond donors (Lipinski definition) is 1. The SMILES string of the molecule is CCc1cnc(SCC(=O)O)n1CCc1ccccc1C. The molecular formula is C16H20N2O2S. The smallest absolute Gasteiger partial charge is 0.313 e. The number of aryl methyl sites for hydroxylation is 3. The molecular weight excluding hydrogens is 284 g/mol. The zero-order valence-electron chi connectivity index (χ0n) is 12.4. The molecule has 1 aromatic heterocycles. The van der Waals surface area contributed by atoms with Crippen molar-refractivity contribution in [3.63, 3.8) is 0 Å². The first-order valence-electron chi connectivity index (χ1n) is 7.05. The highest BCUT2D eigenvalue weighted by Gasteiger charge is 2.11. The summed E-state index contributed by atoms with van der Waals surface area (Å²) < 4.78 is 2.14. The van der Waals surface area contributed by atoms with Gasteiger partial charge in [-0.3, -0.25) is 4.79 Å². The molecule has 0 spiro atoms. The molecule has 1 aromatic carbocycles. The maximum absolute atomic E-state index is 10.7. The number of benzene rings is 1. The molecule has 0 aliphatic rings. The lowest BCUT2D eigenvalue weighted by Gasteiger charge is -2.11. The van der Waals surface area contributed by atoms with Gasteiger partial charge in [0.15, 0.2) is 5.16 Å². The number of imidazole rings is 1. The minimum Gasteiger partial charge on any atom is -0.481 e. The minimum atomic E-state index is -0.813. The quantitative estimate of drug-likeness (QED) is 0.798. The van der Waals surface area contributed by atoms with Crippen molar-refractivity contribution in [2.24, 2.45) is 0 Å². The highest BCUT2D eigenvalue weighted by atomic mass is 32.2. The van der Waals surface area contributed by atoms with Crippen molar-refractivity contribution in [2.45, 2.75) is 38.4 Å². The van der Waals surface area contributed by atoms with Crippen LogP contribution in [0.15, 0.2) is 35.6 Å². The van der Waals surface area contributed by atoms with Crippen LogP contribution >= 0.6 is 11.8 Å². The molecule has 0 aliphatic heterocycles. The number of aromatic nitrogens is 2. The van der Waals surface area contributed by atoms with Gasteiger partial charge in [0.2, 0.25) is 0 Å². The van der Waals surface area contributed by atoms with Crippen molar-refractivity contribution >= 4 is 17.7 Å². The number of hydrogen-bond acceptors (Lipinski definition) is 3. The van der Waals surface area contributed by atoms with Gasteiger partial charge < -0.3 is 9.67 Å².